The molecule has 0 spiro atoms. The van der Waals surface area contributed by atoms with Gasteiger partial charge < -0.3 is 4.57 Å². The molecule has 1 heterocycles. The van der Waals surface area contributed by atoms with Crippen molar-refractivity contribution in [3.63, 3.8) is 0 Å². The van der Waals surface area contributed by atoms with Crippen LogP contribution in [0.25, 0.3) is 5.69 Å². The molecule has 0 aliphatic heterocycles. The van der Waals surface area contributed by atoms with E-state index in [0.29, 0.717) is 5.56 Å². The summed E-state index contributed by atoms with van der Waals surface area (Å²) in [6, 6.07) is 8.15. The second-order valence-corrected chi connectivity index (χ2v) is 4.88. The second kappa shape index (κ2) is 4.90. The third kappa shape index (κ3) is 2.27. The summed E-state index contributed by atoms with van der Waals surface area (Å²) in [4.78, 5) is 11.7. The van der Waals surface area contributed by atoms with Crippen molar-refractivity contribution in [2.75, 3.05) is 0 Å². The molecule has 100 valence electrons. The summed E-state index contributed by atoms with van der Waals surface area (Å²) in [6.45, 7) is 8.06. The van der Waals surface area contributed by atoms with Gasteiger partial charge in [-0.15, -0.1) is 0 Å². The van der Waals surface area contributed by atoms with Gasteiger partial charge in [-0.25, -0.2) is 5.84 Å². The van der Waals surface area contributed by atoms with Crippen molar-refractivity contribution >= 4 is 5.91 Å². The summed E-state index contributed by atoms with van der Waals surface area (Å²) in [6.07, 6.45) is 0. The van der Waals surface area contributed by atoms with Crippen molar-refractivity contribution in [3.05, 3.63) is 52.3 Å². The van der Waals surface area contributed by atoms with Crippen LogP contribution in [-0.2, 0) is 0 Å². The lowest BCUT2D eigenvalue weighted by Crippen LogP contribution is -2.30. The number of hydrogen-bond donors (Lipinski definition) is 2. The summed E-state index contributed by atoms with van der Waals surface area (Å²) in [7, 11) is 0. The first-order valence-corrected chi connectivity index (χ1v) is 6.23. The van der Waals surface area contributed by atoms with E-state index >= 15 is 0 Å². The van der Waals surface area contributed by atoms with Gasteiger partial charge in [-0.1, -0.05) is 17.7 Å². The molecule has 0 atom stereocenters. The number of carbonyl (C=O) groups excluding carboxylic acids is 1. The smallest absolute Gasteiger partial charge is 0.267 e. The number of nitrogens with two attached hydrogens (primary N) is 1. The van der Waals surface area contributed by atoms with Gasteiger partial charge in [0.15, 0.2) is 0 Å². The number of nitrogens with one attached hydrogen (secondary N) is 1. The standard InChI is InChI=1S/C15H19N3O/c1-9-5-6-14(10(2)7-9)18-11(3)8-13(12(18)4)15(19)17-16/h5-8H,16H2,1-4H3,(H,17,19). The highest BCUT2D eigenvalue weighted by Gasteiger charge is 2.16. The van der Waals surface area contributed by atoms with Gasteiger partial charge in [0, 0.05) is 17.1 Å². The zero-order chi connectivity index (χ0) is 14.2. The molecule has 0 aliphatic carbocycles. The first-order chi connectivity index (χ1) is 8.95. The molecule has 0 bridgehead atoms. The Morgan fingerprint density at radius 1 is 1.16 bits per heavy atom. The Balaban J connectivity index is 2.63. The van der Waals surface area contributed by atoms with Gasteiger partial charge in [0.2, 0.25) is 0 Å². The fraction of sp³-hybridized carbons (Fsp3) is 0.267. The molecule has 19 heavy (non-hydrogen) atoms. The number of aromatic nitrogens is 1. The summed E-state index contributed by atoms with van der Waals surface area (Å²) >= 11 is 0. The molecule has 0 unspecified atom stereocenters. The Morgan fingerprint density at radius 3 is 2.42 bits per heavy atom. The molecule has 1 aromatic carbocycles. The molecule has 1 amide bonds. The van der Waals surface area contributed by atoms with E-state index < -0.39 is 0 Å². The molecule has 4 nitrogen and oxygen atoms in total. The minimum Gasteiger partial charge on any atom is -0.317 e. The largest absolute Gasteiger partial charge is 0.317 e. The van der Waals surface area contributed by atoms with Gasteiger partial charge in [-0.3, -0.25) is 10.2 Å². The number of nitrogens with zero attached hydrogens (tertiary/aromatic N) is 1. The fourth-order valence-corrected chi connectivity index (χ4v) is 2.50. The van der Waals surface area contributed by atoms with Gasteiger partial charge in [0.1, 0.15) is 0 Å². The second-order valence-electron chi connectivity index (χ2n) is 4.88. The number of nitrogen functional groups attached to an aromatic ring is 1. The van der Waals surface area contributed by atoms with Gasteiger partial charge in [-0.05, 0) is 45.4 Å². The Morgan fingerprint density at radius 2 is 1.84 bits per heavy atom. The molecule has 2 aromatic rings. The molecule has 3 N–H and O–H groups in total. The van der Waals surface area contributed by atoms with Crippen LogP contribution in [-0.4, -0.2) is 10.5 Å². The minimum atomic E-state index is -0.260. The average molecular weight is 257 g/mol. The number of aryl methyl sites for hydroxylation is 3. The van der Waals surface area contributed by atoms with Crippen molar-refractivity contribution in [2.45, 2.75) is 27.7 Å². The molecule has 0 saturated heterocycles. The molecule has 0 saturated carbocycles. The monoisotopic (exact) mass is 257 g/mol. The van der Waals surface area contributed by atoms with Crippen LogP contribution in [0.5, 0.6) is 0 Å². The van der Waals surface area contributed by atoms with Gasteiger partial charge in [-0.2, -0.15) is 0 Å². The van der Waals surface area contributed by atoms with E-state index in [0.717, 1.165) is 17.1 Å². The van der Waals surface area contributed by atoms with Crippen LogP contribution < -0.4 is 11.3 Å². The number of hydrogen-bond acceptors (Lipinski definition) is 2. The fourth-order valence-electron chi connectivity index (χ4n) is 2.50. The Hall–Kier alpha value is -2.07. The maximum absolute atomic E-state index is 11.7. The van der Waals surface area contributed by atoms with Crippen LogP contribution in [0, 0.1) is 27.7 Å². The van der Waals surface area contributed by atoms with Gasteiger partial charge in [0.05, 0.1) is 5.56 Å². The predicted molar refractivity (Wildman–Crippen MR) is 76.4 cm³/mol. The maximum atomic E-state index is 11.7. The quantitative estimate of drug-likeness (QED) is 0.493. The minimum absolute atomic E-state index is 0.260. The molecule has 0 aliphatic rings. The van der Waals surface area contributed by atoms with Crippen LogP contribution in [0.3, 0.4) is 0 Å². The highest BCUT2D eigenvalue weighted by Crippen LogP contribution is 2.23. The van der Waals surface area contributed by atoms with Crippen LogP contribution >= 0.6 is 0 Å². The number of carbonyl (C=O) groups is 1. The van der Waals surface area contributed by atoms with E-state index in [1.165, 1.54) is 11.1 Å². The Kier molecular flexibility index (Phi) is 3.44. The van der Waals surface area contributed by atoms with Crippen LogP contribution in [0.2, 0.25) is 0 Å². The third-order valence-electron chi connectivity index (χ3n) is 3.40. The molecule has 0 radical (unpaired) electrons. The van der Waals surface area contributed by atoms with E-state index in [-0.39, 0.29) is 5.91 Å². The van der Waals surface area contributed by atoms with E-state index in [1.54, 1.807) is 0 Å². The topological polar surface area (TPSA) is 60.0 Å². The predicted octanol–water partition coefficient (Wildman–Crippen LogP) is 2.31. The Bertz CT molecular complexity index is 641. The van der Waals surface area contributed by atoms with Crippen LogP contribution in [0.1, 0.15) is 32.9 Å². The van der Waals surface area contributed by atoms with Gasteiger partial charge in [0.25, 0.3) is 5.91 Å². The maximum Gasteiger partial charge on any atom is 0.267 e. The first-order valence-electron chi connectivity index (χ1n) is 6.23. The number of benzene rings is 1. The molecule has 0 fully saturated rings. The molecular formula is C15H19N3O. The lowest BCUT2D eigenvalue weighted by molar-refractivity contribution is 0.0953. The van der Waals surface area contributed by atoms with Crippen molar-refractivity contribution in [1.82, 2.24) is 9.99 Å². The van der Waals surface area contributed by atoms with Crippen molar-refractivity contribution in [3.8, 4) is 5.69 Å². The highest BCUT2D eigenvalue weighted by atomic mass is 16.2. The Labute approximate surface area is 113 Å². The van der Waals surface area contributed by atoms with E-state index in [4.69, 9.17) is 5.84 Å². The van der Waals surface area contributed by atoms with E-state index in [1.807, 2.05) is 19.9 Å². The van der Waals surface area contributed by atoms with Crippen LogP contribution in [0.4, 0.5) is 0 Å². The highest BCUT2D eigenvalue weighted by molar-refractivity contribution is 5.95. The molecule has 1 aromatic heterocycles. The molecular weight excluding hydrogens is 238 g/mol. The van der Waals surface area contributed by atoms with Crippen molar-refractivity contribution in [2.24, 2.45) is 5.84 Å². The number of amides is 1. The third-order valence-corrected chi connectivity index (χ3v) is 3.40. The SMILES string of the molecule is Cc1ccc(-n2c(C)cc(C(=O)NN)c2C)c(C)c1. The zero-order valence-corrected chi connectivity index (χ0v) is 11.7. The van der Waals surface area contributed by atoms with Crippen molar-refractivity contribution in [1.29, 1.82) is 0 Å². The van der Waals surface area contributed by atoms with E-state index in [9.17, 15) is 4.79 Å². The molecule has 4 heteroatoms. The summed E-state index contributed by atoms with van der Waals surface area (Å²) in [5.74, 6) is 4.95. The van der Waals surface area contributed by atoms with Crippen LogP contribution in [0.15, 0.2) is 24.3 Å². The number of hydrazine groups is 1. The summed E-state index contributed by atoms with van der Waals surface area (Å²) in [5, 5.41) is 0. The first kappa shape index (κ1) is 13.4. The molecule has 2 rings (SSSR count). The van der Waals surface area contributed by atoms with Gasteiger partial charge >= 0.3 is 0 Å². The summed E-state index contributed by atoms with van der Waals surface area (Å²) in [5.41, 5.74) is 8.21. The van der Waals surface area contributed by atoms with E-state index in [2.05, 4.69) is 42.0 Å². The summed E-state index contributed by atoms with van der Waals surface area (Å²) < 4.78 is 2.08. The normalized spacial score (nSPS) is 10.6. The zero-order valence-electron chi connectivity index (χ0n) is 11.7. The van der Waals surface area contributed by atoms with Crippen molar-refractivity contribution < 1.29 is 4.79 Å². The number of rotatable bonds is 2. The lowest BCUT2D eigenvalue weighted by atomic mass is 10.1. The lowest BCUT2D eigenvalue weighted by Gasteiger charge is -2.13. The average Bonchev–Trinajstić information content (AvgIpc) is 2.65.